The lowest BCUT2D eigenvalue weighted by Crippen LogP contribution is -2.21. The van der Waals surface area contributed by atoms with Crippen LogP contribution in [0.3, 0.4) is 0 Å². The van der Waals surface area contributed by atoms with Crippen LogP contribution in [0.2, 0.25) is 0 Å². The first kappa shape index (κ1) is 15.5. The second-order valence-corrected chi connectivity index (χ2v) is 5.55. The van der Waals surface area contributed by atoms with Crippen LogP contribution in [0.25, 0.3) is 0 Å². The predicted molar refractivity (Wildman–Crippen MR) is 69.4 cm³/mol. The van der Waals surface area contributed by atoms with Gasteiger partial charge in [0, 0.05) is 19.0 Å². The van der Waals surface area contributed by atoms with Crippen LogP contribution >= 0.6 is 0 Å². The van der Waals surface area contributed by atoms with Gasteiger partial charge in [0.2, 0.25) is 5.91 Å². The minimum absolute atomic E-state index is 0.194. The molecule has 0 bridgehead atoms. The molecule has 3 N–H and O–H groups in total. The molecule has 1 amide bonds. The van der Waals surface area contributed by atoms with Gasteiger partial charge in [0.05, 0.1) is 4.90 Å². The number of rotatable bonds is 1. The molecule has 1 aliphatic rings. The van der Waals surface area contributed by atoms with E-state index in [1.165, 1.54) is 24.6 Å². The van der Waals surface area contributed by atoms with E-state index >= 15 is 0 Å². The summed E-state index contributed by atoms with van der Waals surface area (Å²) in [6.07, 6.45) is 4.18. The number of carbonyl (C=O) groups excluding carboxylic acids is 1. The summed E-state index contributed by atoms with van der Waals surface area (Å²) < 4.78 is 29.3. The van der Waals surface area contributed by atoms with Crippen molar-refractivity contribution in [3.63, 3.8) is 0 Å². The molecular weight excluding hydrogens is 270 g/mol. The molecule has 1 heterocycles. The summed E-state index contributed by atoms with van der Waals surface area (Å²) in [6.45, 7) is 0.888. The van der Waals surface area contributed by atoms with Gasteiger partial charge in [-0.3, -0.25) is 9.35 Å². The zero-order valence-electron chi connectivity index (χ0n) is 10.4. The van der Waals surface area contributed by atoms with Crippen LogP contribution in [0.1, 0.15) is 25.7 Å². The number of nitrogens with one attached hydrogen (secondary N) is 1. The SMILES string of the molecule is O=C1CCCCCN1.O=S(=O)(O)c1cccc(O)c1. The number of aromatic hydroxyl groups is 1. The average Bonchev–Trinajstić information content (AvgIpc) is 2.57. The highest BCUT2D eigenvalue weighted by molar-refractivity contribution is 7.85. The molecule has 7 heteroatoms. The van der Waals surface area contributed by atoms with Crippen molar-refractivity contribution in [3.8, 4) is 5.75 Å². The van der Waals surface area contributed by atoms with E-state index in [1.807, 2.05) is 0 Å². The molecular formula is C12H17NO5S. The Bertz CT molecular complexity index is 517. The molecule has 1 aromatic rings. The van der Waals surface area contributed by atoms with Gasteiger partial charge in [-0.1, -0.05) is 12.5 Å². The molecule has 1 saturated heterocycles. The third kappa shape index (κ3) is 6.21. The first-order valence-electron chi connectivity index (χ1n) is 5.93. The Morgan fingerprint density at radius 3 is 2.47 bits per heavy atom. The van der Waals surface area contributed by atoms with Gasteiger partial charge >= 0.3 is 0 Å². The molecule has 1 aliphatic heterocycles. The highest BCUT2D eigenvalue weighted by Crippen LogP contribution is 2.14. The summed E-state index contributed by atoms with van der Waals surface area (Å²) in [4.78, 5) is 10.3. The van der Waals surface area contributed by atoms with E-state index in [0.29, 0.717) is 0 Å². The van der Waals surface area contributed by atoms with E-state index in [0.717, 1.165) is 31.9 Å². The summed E-state index contributed by atoms with van der Waals surface area (Å²) in [6, 6.07) is 4.80. The van der Waals surface area contributed by atoms with Crippen LogP contribution in [-0.2, 0) is 14.9 Å². The van der Waals surface area contributed by atoms with Crippen LogP contribution in [0, 0.1) is 0 Å². The molecule has 0 aromatic heterocycles. The standard InChI is InChI=1S/C6H11NO.C6H6O4S/c8-6-4-2-1-3-5-7-6;7-5-2-1-3-6(4-5)11(8,9)10/h1-5H2,(H,7,8);1-4,7H,(H,8,9,10). The van der Waals surface area contributed by atoms with E-state index in [2.05, 4.69) is 5.32 Å². The summed E-state index contributed by atoms with van der Waals surface area (Å²) >= 11 is 0. The van der Waals surface area contributed by atoms with Crippen LogP contribution in [-0.4, -0.2) is 30.5 Å². The zero-order valence-corrected chi connectivity index (χ0v) is 11.2. The molecule has 2 rings (SSSR count). The number of carbonyl (C=O) groups is 1. The molecule has 19 heavy (non-hydrogen) atoms. The van der Waals surface area contributed by atoms with Crippen LogP contribution in [0.5, 0.6) is 5.75 Å². The minimum atomic E-state index is -4.19. The first-order chi connectivity index (χ1) is 8.89. The predicted octanol–water partition coefficient (Wildman–Crippen LogP) is 1.32. The van der Waals surface area contributed by atoms with E-state index in [4.69, 9.17) is 9.66 Å². The lowest BCUT2D eigenvalue weighted by atomic mass is 10.2. The van der Waals surface area contributed by atoms with Crippen molar-refractivity contribution in [2.24, 2.45) is 0 Å². The fourth-order valence-corrected chi connectivity index (χ4v) is 2.07. The van der Waals surface area contributed by atoms with Crippen molar-refractivity contribution in [1.82, 2.24) is 5.32 Å². The quantitative estimate of drug-likeness (QED) is 0.676. The second kappa shape index (κ2) is 7.10. The average molecular weight is 287 g/mol. The molecule has 0 saturated carbocycles. The van der Waals surface area contributed by atoms with E-state index in [-0.39, 0.29) is 16.6 Å². The summed E-state index contributed by atoms with van der Waals surface area (Å²) in [5.74, 6) is 0.0302. The fourth-order valence-electron chi connectivity index (χ4n) is 1.55. The van der Waals surface area contributed by atoms with Gasteiger partial charge in [0.15, 0.2) is 0 Å². The Labute approximate surface area is 112 Å². The number of amides is 1. The lowest BCUT2D eigenvalue weighted by Gasteiger charge is -1.95. The molecule has 6 nitrogen and oxygen atoms in total. The molecule has 1 fully saturated rings. The molecule has 0 atom stereocenters. The van der Waals surface area contributed by atoms with E-state index in [9.17, 15) is 13.2 Å². The minimum Gasteiger partial charge on any atom is -0.508 e. The third-order valence-corrected chi connectivity index (χ3v) is 3.37. The van der Waals surface area contributed by atoms with Gasteiger partial charge < -0.3 is 10.4 Å². The van der Waals surface area contributed by atoms with Crippen molar-refractivity contribution in [2.75, 3.05) is 6.54 Å². The normalized spacial score (nSPS) is 15.7. The Morgan fingerprint density at radius 2 is 1.89 bits per heavy atom. The third-order valence-electron chi connectivity index (χ3n) is 2.52. The van der Waals surface area contributed by atoms with Crippen molar-refractivity contribution in [1.29, 1.82) is 0 Å². The van der Waals surface area contributed by atoms with E-state index in [1.54, 1.807) is 0 Å². The molecule has 0 spiro atoms. The highest BCUT2D eigenvalue weighted by atomic mass is 32.2. The number of hydrogen-bond donors (Lipinski definition) is 3. The van der Waals surface area contributed by atoms with Crippen LogP contribution in [0.4, 0.5) is 0 Å². The first-order valence-corrected chi connectivity index (χ1v) is 7.37. The van der Waals surface area contributed by atoms with Crippen LogP contribution in [0.15, 0.2) is 29.2 Å². The Morgan fingerprint density at radius 1 is 1.16 bits per heavy atom. The number of phenolic OH excluding ortho intramolecular Hbond substituents is 1. The Kier molecular flexibility index (Phi) is 5.78. The maximum absolute atomic E-state index is 10.6. The second-order valence-electron chi connectivity index (χ2n) is 4.13. The molecule has 0 aliphatic carbocycles. The van der Waals surface area contributed by atoms with Gasteiger partial charge in [-0.25, -0.2) is 0 Å². The molecule has 0 radical (unpaired) electrons. The fraction of sp³-hybridized carbons (Fsp3) is 0.417. The van der Waals surface area contributed by atoms with E-state index < -0.39 is 10.1 Å². The topological polar surface area (TPSA) is 104 Å². The number of phenols is 1. The number of benzene rings is 1. The van der Waals surface area contributed by atoms with Crippen LogP contribution < -0.4 is 5.32 Å². The Balaban J connectivity index is 0.000000200. The highest BCUT2D eigenvalue weighted by Gasteiger charge is 2.08. The van der Waals surface area contributed by atoms with Gasteiger partial charge in [-0.2, -0.15) is 8.42 Å². The maximum atomic E-state index is 10.6. The van der Waals surface area contributed by atoms with Crippen molar-refractivity contribution < 1.29 is 22.9 Å². The largest absolute Gasteiger partial charge is 0.508 e. The molecule has 1 aromatic carbocycles. The zero-order chi connectivity index (χ0) is 14.3. The number of hydrogen-bond acceptors (Lipinski definition) is 4. The summed E-state index contributed by atoms with van der Waals surface area (Å²) in [5, 5.41) is 11.6. The van der Waals surface area contributed by atoms with Gasteiger partial charge in [0.25, 0.3) is 10.1 Å². The lowest BCUT2D eigenvalue weighted by molar-refractivity contribution is -0.120. The Hall–Kier alpha value is -1.60. The molecule has 106 valence electrons. The van der Waals surface area contributed by atoms with Crippen molar-refractivity contribution in [3.05, 3.63) is 24.3 Å². The van der Waals surface area contributed by atoms with Gasteiger partial charge in [0.1, 0.15) is 5.75 Å². The van der Waals surface area contributed by atoms with Crippen molar-refractivity contribution in [2.45, 2.75) is 30.6 Å². The smallest absolute Gasteiger partial charge is 0.294 e. The molecule has 0 unspecified atom stereocenters. The maximum Gasteiger partial charge on any atom is 0.294 e. The van der Waals surface area contributed by atoms with Gasteiger partial charge in [-0.15, -0.1) is 0 Å². The van der Waals surface area contributed by atoms with Crippen molar-refractivity contribution >= 4 is 16.0 Å². The summed E-state index contributed by atoms with van der Waals surface area (Å²) in [7, 11) is -4.19. The van der Waals surface area contributed by atoms with Gasteiger partial charge in [-0.05, 0) is 25.0 Å². The summed E-state index contributed by atoms with van der Waals surface area (Å²) in [5.41, 5.74) is 0. The monoisotopic (exact) mass is 287 g/mol.